The number of halogens is 2. The van der Waals surface area contributed by atoms with E-state index in [1.807, 2.05) is 6.07 Å². The van der Waals surface area contributed by atoms with Crippen molar-refractivity contribution >= 4 is 38.5 Å². The molecule has 1 aliphatic rings. The molecule has 4 atom stereocenters. The Morgan fingerprint density at radius 1 is 0.846 bits per heavy atom. The topological polar surface area (TPSA) is 54.0 Å². The number of esters is 1. The second kappa shape index (κ2) is 13.6. The Morgan fingerprint density at radius 3 is 1.69 bits per heavy atom. The van der Waals surface area contributed by atoms with Crippen LogP contribution >= 0.6 is 15.9 Å². The maximum Gasteiger partial charge on any atom is 0.340 e. The second-order valence-corrected chi connectivity index (χ2v) is 25.0. The van der Waals surface area contributed by atoms with Gasteiger partial charge in [-0.05, 0) is 61.3 Å². The summed E-state index contributed by atoms with van der Waals surface area (Å²) in [5.74, 6) is -0.641. The molecule has 1 fully saturated rings. The van der Waals surface area contributed by atoms with Crippen molar-refractivity contribution in [2.45, 2.75) is 139 Å². The zero-order chi connectivity index (χ0) is 29.9. The van der Waals surface area contributed by atoms with Crippen LogP contribution < -0.4 is 0 Å². The highest BCUT2D eigenvalue weighted by atomic mass is 79.9. The van der Waals surface area contributed by atoms with Gasteiger partial charge in [-0.2, -0.15) is 0 Å². The fraction of sp³-hybridized carbons (Fsp3) is 0.767. The van der Waals surface area contributed by atoms with E-state index < -0.39 is 45.7 Å². The SMILES string of the molecule is CC(C)[Si](OC[C@H]1OC(OC(=O)c2ccccc2)[C@](F)(Br)[C@@H]1O[Si](C(C)C)(C(C)C)C(C)C)(C(C)C)C(C)C. The summed E-state index contributed by atoms with van der Waals surface area (Å²) in [5.41, 5.74) is 2.14. The van der Waals surface area contributed by atoms with Gasteiger partial charge in [-0.25, -0.2) is 9.18 Å². The molecule has 5 nitrogen and oxygen atoms in total. The lowest BCUT2D eigenvalue weighted by Gasteiger charge is -2.46. The van der Waals surface area contributed by atoms with Crippen LogP contribution in [0.5, 0.6) is 0 Å². The van der Waals surface area contributed by atoms with Crippen LogP contribution in [0, 0.1) is 0 Å². The van der Waals surface area contributed by atoms with E-state index in [0.29, 0.717) is 22.2 Å². The summed E-state index contributed by atoms with van der Waals surface area (Å²) in [6.07, 6.45) is -3.22. The van der Waals surface area contributed by atoms with Crippen LogP contribution in [0.2, 0.25) is 33.2 Å². The van der Waals surface area contributed by atoms with E-state index in [2.05, 4.69) is 99.0 Å². The average Bonchev–Trinajstić information content (AvgIpc) is 3.05. The van der Waals surface area contributed by atoms with Gasteiger partial charge in [0.25, 0.3) is 10.9 Å². The van der Waals surface area contributed by atoms with Crippen LogP contribution in [-0.4, -0.2) is 52.3 Å². The standard InChI is InChI=1S/C30H52BrFO5Si2/c1-19(2)38(20(3)4,21(5)6)34-18-26-27(37-39(22(7)8,23(9)10)24(11)12)30(31,32)29(35-26)36-28(33)25-16-14-13-15-17-25/h13-17,19-24,26-27,29H,18H2,1-12H3/t26-,27-,29?,30+/m1/s1. The molecule has 0 saturated carbocycles. The third kappa shape index (κ3) is 6.91. The first-order chi connectivity index (χ1) is 18.0. The van der Waals surface area contributed by atoms with Crippen molar-refractivity contribution in [3.8, 4) is 0 Å². The van der Waals surface area contributed by atoms with Crippen molar-refractivity contribution in [1.82, 2.24) is 0 Å². The van der Waals surface area contributed by atoms with Gasteiger partial charge in [-0.3, -0.25) is 0 Å². The van der Waals surface area contributed by atoms with Crippen LogP contribution in [-0.2, 0) is 18.3 Å². The molecule has 0 N–H and O–H groups in total. The zero-order valence-electron chi connectivity index (χ0n) is 26.1. The quantitative estimate of drug-likeness (QED) is 0.121. The lowest BCUT2D eigenvalue weighted by molar-refractivity contribution is -0.132. The fourth-order valence-corrected chi connectivity index (χ4v) is 19.0. The summed E-state index contributed by atoms with van der Waals surface area (Å²) in [5, 5.41) is 0. The number of benzene rings is 1. The Labute approximate surface area is 247 Å². The normalized spacial score (nSPS) is 24.7. The summed E-state index contributed by atoms with van der Waals surface area (Å²) in [6, 6.07) is 8.58. The Hall–Kier alpha value is -0.586. The van der Waals surface area contributed by atoms with E-state index in [9.17, 15) is 4.79 Å². The first kappa shape index (κ1) is 34.6. The van der Waals surface area contributed by atoms with E-state index >= 15 is 4.39 Å². The molecule has 0 radical (unpaired) electrons. The van der Waals surface area contributed by atoms with Gasteiger partial charge in [0.15, 0.2) is 8.32 Å². The molecule has 0 aromatic heterocycles. The fourth-order valence-electron chi connectivity index (χ4n) is 7.18. The number of hydrogen-bond donors (Lipinski definition) is 0. The largest absolute Gasteiger partial charge is 0.427 e. The molecule has 1 aliphatic heterocycles. The number of carbonyl (C=O) groups is 1. The number of hydrogen-bond acceptors (Lipinski definition) is 5. The van der Waals surface area contributed by atoms with Gasteiger partial charge >= 0.3 is 5.97 Å². The van der Waals surface area contributed by atoms with Gasteiger partial charge in [-0.15, -0.1) is 0 Å². The smallest absolute Gasteiger partial charge is 0.340 e. The minimum atomic E-state index is -2.53. The van der Waals surface area contributed by atoms with Crippen molar-refractivity contribution in [3.05, 3.63) is 35.9 Å². The van der Waals surface area contributed by atoms with E-state index in [1.165, 1.54) is 0 Å². The molecule has 1 aromatic rings. The summed E-state index contributed by atoms with van der Waals surface area (Å²) < 4.78 is 40.4. The highest BCUT2D eigenvalue weighted by Crippen LogP contribution is 2.51. The Balaban J connectivity index is 2.51. The van der Waals surface area contributed by atoms with Gasteiger partial charge in [-0.1, -0.05) is 101 Å². The maximum absolute atomic E-state index is 16.8. The molecule has 0 aliphatic carbocycles. The predicted molar refractivity (Wildman–Crippen MR) is 166 cm³/mol. The number of carbonyl (C=O) groups excluding carboxylic acids is 1. The molecule has 0 amide bonds. The van der Waals surface area contributed by atoms with Gasteiger partial charge in [0.05, 0.1) is 12.2 Å². The third-order valence-electron chi connectivity index (χ3n) is 8.80. The molecule has 1 saturated heterocycles. The van der Waals surface area contributed by atoms with Crippen molar-refractivity contribution in [1.29, 1.82) is 0 Å². The van der Waals surface area contributed by atoms with Crippen LogP contribution in [0.3, 0.4) is 0 Å². The summed E-state index contributed by atoms with van der Waals surface area (Å²) in [7, 11) is -4.80. The predicted octanol–water partition coefficient (Wildman–Crippen LogP) is 9.38. The lowest BCUT2D eigenvalue weighted by atomic mass is 10.1. The first-order valence-electron chi connectivity index (χ1n) is 14.6. The average molecular weight is 648 g/mol. The molecule has 224 valence electrons. The van der Waals surface area contributed by atoms with Crippen LogP contribution in [0.4, 0.5) is 4.39 Å². The van der Waals surface area contributed by atoms with Crippen molar-refractivity contribution in [3.63, 3.8) is 0 Å². The summed E-state index contributed by atoms with van der Waals surface area (Å²) in [6.45, 7) is 26.5. The van der Waals surface area contributed by atoms with E-state index in [4.69, 9.17) is 18.3 Å². The molecular formula is C30H52BrFO5Si2. The lowest BCUT2D eigenvalue weighted by Crippen LogP contribution is -2.56. The van der Waals surface area contributed by atoms with E-state index in [0.717, 1.165) is 0 Å². The van der Waals surface area contributed by atoms with Crippen molar-refractivity contribution in [2.24, 2.45) is 0 Å². The van der Waals surface area contributed by atoms with Crippen molar-refractivity contribution < 1.29 is 27.5 Å². The highest BCUT2D eigenvalue weighted by molar-refractivity contribution is 9.10. The van der Waals surface area contributed by atoms with E-state index in [1.54, 1.807) is 24.3 Å². The first-order valence-corrected chi connectivity index (χ1v) is 19.6. The molecule has 1 aromatic carbocycles. The molecule has 0 spiro atoms. The van der Waals surface area contributed by atoms with Gasteiger partial charge in [0, 0.05) is 0 Å². The Morgan fingerprint density at radius 2 is 1.28 bits per heavy atom. The molecule has 1 heterocycles. The summed E-state index contributed by atoms with van der Waals surface area (Å²) >= 11 is 3.31. The van der Waals surface area contributed by atoms with Gasteiger partial charge in [0.1, 0.15) is 12.2 Å². The van der Waals surface area contributed by atoms with Gasteiger partial charge < -0.3 is 18.3 Å². The minimum Gasteiger partial charge on any atom is -0.427 e. The van der Waals surface area contributed by atoms with Crippen LogP contribution in [0.15, 0.2) is 30.3 Å². The molecule has 9 heteroatoms. The Bertz CT molecular complexity index is 880. The van der Waals surface area contributed by atoms with Gasteiger partial charge in [0.2, 0.25) is 8.32 Å². The Kier molecular flexibility index (Phi) is 12.1. The number of ether oxygens (including phenoxy) is 2. The maximum atomic E-state index is 16.8. The van der Waals surface area contributed by atoms with Crippen LogP contribution in [0.25, 0.3) is 0 Å². The van der Waals surface area contributed by atoms with Crippen molar-refractivity contribution in [2.75, 3.05) is 6.61 Å². The highest BCUT2D eigenvalue weighted by Gasteiger charge is 2.63. The molecule has 39 heavy (non-hydrogen) atoms. The summed E-state index contributed by atoms with van der Waals surface area (Å²) in [4.78, 5) is 13.0. The molecule has 1 unspecified atom stereocenters. The third-order valence-corrected chi connectivity index (χ3v) is 21.8. The molecular weight excluding hydrogens is 595 g/mol. The minimum absolute atomic E-state index is 0.181. The zero-order valence-corrected chi connectivity index (χ0v) is 29.7. The molecule has 2 rings (SSSR count). The number of rotatable bonds is 13. The van der Waals surface area contributed by atoms with E-state index in [-0.39, 0.29) is 23.2 Å². The molecule has 0 bridgehead atoms. The number of alkyl halides is 2. The van der Waals surface area contributed by atoms with Crippen LogP contribution in [0.1, 0.15) is 93.4 Å². The second-order valence-electron chi connectivity index (χ2n) is 12.9. The monoisotopic (exact) mass is 646 g/mol.